The van der Waals surface area contributed by atoms with Crippen LogP contribution in [0.5, 0.6) is 0 Å². The molecule has 2 aliphatic rings. The van der Waals surface area contributed by atoms with E-state index in [0.29, 0.717) is 25.9 Å². The van der Waals surface area contributed by atoms with E-state index in [1.54, 1.807) is 12.1 Å². The summed E-state index contributed by atoms with van der Waals surface area (Å²) < 4.78 is 39.7. The van der Waals surface area contributed by atoms with Gasteiger partial charge in [0.15, 0.2) is 0 Å². The van der Waals surface area contributed by atoms with Crippen LogP contribution in [-0.4, -0.2) is 49.5 Å². The van der Waals surface area contributed by atoms with Gasteiger partial charge in [-0.15, -0.1) is 0 Å². The average Bonchev–Trinajstić information content (AvgIpc) is 3.05. The van der Waals surface area contributed by atoms with Gasteiger partial charge in [-0.3, -0.25) is 10.1 Å². The van der Waals surface area contributed by atoms with Gasteiger partial charge in [-0.2, -0.15) is 0 Å². The number of sulfonamides is 1. The Morgan fingerprint density at radius 3 is 2.03 bits per heavy atom. The number of amides is 3. The Morgan fingerprint density at radius 1 is 0.933 bits per heavy atom. The minimum Gasteiger partial charge on any atom is -0.325 e. The first-order chi connectivity index (χ1) is 14.3. The molecule has 2 aromatic rings. The number of imide groups is 1. The van der Waals surface area contributed by atoms with Crippen LogP contribution >= 0.6 is 0 Å². The lowest BCUT2D eigenvalue weighted by Crippen LogP contribution is -2.45. The molecule has 2 aromatic carbocycles. The van der Waals surface area contributed by atoms with Crippen LogP contribution in [0.25, 0.3) is 11.1 Å². The summed E-state index contributed by atoms with van der Waals surface area (Å²) in [6.45, 7) is 0.740. The van der Waals surface area contributed by atoms with Crippen molar-refractivity contribution in [1.29, 1.82) is 0 Å². The number of hydrogen-bond acceptors (Lipinski definition) is 4. The summed E-state index contributed by atoms with van der Waals surface area (Å²) in [5, 5.41) is 4.38. The number of halogens is 1. The number of nitrogens with one attached hydrogen (secondary N) is 2. The summed E-state index contributed by atoms with van der Waals surface area (Å²) >= 11 is 0. The van der Waals surface area contributed by atoms with Gasteiger partial charge in [0.25, 0.3) is 5.91 Å². The molecule has 2 saturated heterocycles. The molecule has 0 spiro atoms. The molecule has 0 bridgehead atoms. The standard InChI is InChI=1S/C21H22FN3O4S/c22-18-7-5-16(6-8-18)14-1-3-15(4-2-14)17-9-11-25(12-10-17)30(28,29)13-19-20(26)24-21(27)23-19/h1-8,17,19H,9-13H2,(H2,23,24,26,27). The predicted octanol–water partition coefficient (Wildman–Crippen LogP) is 2.21. The van der Waals surface area contributed by atoms with Gasteiger partial charge < -0.3 is 5.32 Å². The molecule has 0 aromatic heterocycles. The van der Waals surface area contributed by atoms with Crippen molar-refractivity contribution in [2.24, 2.45) is 0 Å². The van der Waals surface area contributed by atoms with Gasteiger partial charge in [-0.05, 0) is 47.6 Å². The molecule has 1 unspecified atom stereocenters. The first-order valence-electron chi connectivity index (χ1n) is 9.77. The normalized spacial score (nSPS) is 20.8. The summed E-state index contributed by atoms with van der Waals surface area (Å²) in [6, 6.07) is 12.7. The molecule has 2 aliphatic heterocycles. The third kappa shape index (κ3) is 4.36. The highest BCUT2D eigenvalue weighted by Gasteiger charge is 2.37. The number of carbonyl (C=O) groups excluding carboxylic acids is 2. The van der Waals surface area contributed by atoms with E-state index in [9.17, 15) is 22.4 Å². The number of piperidine rings is 1. The van der Waals surface area contributed by atoms with E-state index in [1.807, 2.05) is 29.6 Å². The number of urea groups is 1. The number of hydrogen-bond donors (Lipinski definition) is 2. The van der Waals surface area contributed by atoms with Gasteiger partial charge in [0.05, 0.1) is 5.75 Å². The van der Waals surface area contributed by atoms with Crippen molar-refractivity contribution in [3.63, 3.8) is 0 Å². The summed E-state index contributed by atoms with van der Waals surface area (Å²) in [5.74, 6) is -1.07. The van der Waals surface area contributed by atoms with Crippen LogP contribution < -0.4 is 10.6 Å². The fourth-order valence-electron chi connectivity index (χ4n) is 3.95. The molecule has 0 saturated carbocycles. The number of carbonyl (C=O) groups is 2. The zero-order valence-corrected chi connectivity index (χ0v) is 17.0. The Labute approximate surface area is 174 Å². The van der Waals surface area contributed by atoms with E-state index < -0.39 is 33.8 Å². The van der Waals surface area contributed by atoms with Crippen molar-refractivity contribution in [3.05, 3.63) is 59.9 Å². The molecule has 0 aliphatic carbocycles. The van der Waals surface area contributed by atoms with E-state index >= 15 is 0 Å². The molecule has 2 fully saturated rings. The lowest BCUT2D eigenvalue weighted by molar-refractivity contribution is -0.119. The van der Waals surface area contributed by atoms with Crippen LogP contribution in [0.3, 0.4) is 0 Å². The van der Waals surface area contributed by atoms with Gasteiger partial charge in [0, 0.05) is 13.1 Å². The first kappa shape index (κ1) is 20.5. The highest BCUT2D eigenvalue weighted by atomic mass is 32.2. The van der Waals surface area contributed by atoms with E-state index in [4.69, 9.17) is 0 Å². The fourth-order valence-corrected chi connectivity index (χ4v) is 5.58. The molecule has 7 nitrogen and oxygen atoms in total. The molecule has 2 N–H and O–H groups in total. The molecule has 158 valence electrons. The highest BCUT2D eigenvalue weighted by molar-refractivity contribution is 7.89. The quantitative estimate of drug-likeness (QED) is 0.710. The van der Waals surface area contributed by atoms with Crippen LogP contribution in [0.1, 0.15) is 24.3 Å². The zero-order valence-electron chi connectivity index (χ0n) is 16.2. The Morgan fingerprint density at radius 2 is 1.50 bits per heavy atom. The second-order valence-corrected chi connectivity index (χ2v) is 9.61. The van der Waals surface area contributed by atoms with Crippen LogP contribution in [-0.2, 0) is 14.8 Å². The van der Waals surface area contributed by atoms with Crippen LogP contribution in [0.2, 0.25) is 0 Å². The zero-order chi connectivity index (χ0) is 21.3. The van der Waals surface area contributed by atoms with E-state index in [0.717, 1.165) is 16.7 Å². The molecule has 0 radical (unpaired) electrons. The summed E-state index contributed by atoms with van der Waals surface area (Å²) in [6.07, 6.45) is 1.36. The van der Waals surface area contributed by atoms with Crippen molar-refractivity contribution in [3.8, 4) is 11.1 Å². The molecular formula is C21H22FN3O4S. The van der Waals surface area contributed by atoms with Crippen molar-refractivity contribution in [2.75, 3.05) is 18.8 Å². The topological polar surface area (TPSA) is 95.6 Å². The summed E-state index contributed by atoms with van der Waals surface area (Å²) in [4.78, 5) is 22.8. The van der Waals surface area contributed by atoms with E-state index in [1.165, 1.54) is 16.4 Å². The third-order valence-corrected chi connectivity index (χ3v) is 7.55. The van der Waals surface area contributed by atoms with Gasteiger partial charge in [-0.25, -0.2) is 21.9 Å². The maximum Gasteiger partial charge on any atom is 0.322 e. The molecular weight excluding hydrogens is 409 g/mol. The second-order valence-electron chi connectivity index (χ2n) is 7.60. The van der Waals surface area contributed by atoms with E-state index in [2.05, 4.69) is 5.32 Å². The molecule has 4 rings (SSSR count). The minimum absolute atomic E-state index is 0.244. The first-order valence-corrected chi connectivity index (χ1v) is 11.4. The van der Waals surface area contributed by atoms with Crippen molar-refractivity contribution in [2.45, 2.75) is 24.8 Å². The third-order valence-electron chi connectivity index (χ3n) is 5.64. The lowest BCUT2D eigenvalue weighted by atomic mass is 9.89. The minimum atomic E-state index is -3.65. The Hall–Kier alpha value is -2.78. The highest BCUT2D eigenvalue weighted by Crippen LogP contribution is 2.31. The Balaban J connectivity index is 1.36. The number of benzene rings is 2. The SMILES string of the molecule is O=C1NC(=O)C(CS(=O)(=O)N2CCC(c3ccc(-c4ccc(F)cc4)cc3)CC2)N1. The van der Waals surface area contributed by atoms with Gasteiger partial charge >= 0.3 is 6.03 Å². The van der Waals surface area contributed by atoms with Crippen molar-refractivity contribution < 1.29 is 22.4 Å². The van der Waals surface area contributed by atoms with Crippen LogP contribution in [0, 0.1) is 5.82 Å². The maximum atomic E-state index is 13.1. The van der Waals surface area contributed by atoms with Gasteiger partial charge in [0.2, 0.25) is 10.0 Å². The lowest BCUT2D eigenvalue weighted by Gasteiger charge is -2.32. The van der Waals surface area contributed by atoms with E-state index in [-0.39, 0.29) is 11.7 Å². The smallest absolute Gasteiger partial charge is 0.322 e. The summed E-state index contributed by atoms with van der Waals surface area (Å²) in [7, 11) is -3.65. The number of nitrogens with zero attached hydrogens (tertiary/aromatic N) is 1. The van der Waals surface area contributed by atoms with Gasteiger partial charge in [0.1, 0.15) is 11.9 Å². The molecule has 3 amide bonds. The van der Waals surface area contributed by atoms with Crippen molar-refractivity contribution >= 4 is 22.0 Å². The van der Waals surface area contributed by atoms with Crippen molar-refractivity contribution in [1.82, 2.24) is 14.9 Å². The van der Waals surface area contributed by atoms with Crippen LogP contribution in [0.15, 0.2) is 48.5 Å². The molecule has 1 atom stereocenters. The second kappa shape index (κ2) is 8.16. The van der Waals surface area contributed by atoms with Crippen LogP contribution in [0.4, 0.5) is 9.18 Å². The number of rotatable bonds is 5. The largest absolute Gasteiger partial charge is 0.325 e. The molecule has 30 heavy (non-hydrogen) atoms. The Bertz CT molecular complexity index is 1050. The van der Waals surface area contributed by atoms with Gasteiger partial charge in [-0.1, -0.05) is 36.4 Å². The monoisotopic (exact) mass is 431 g/mol. The average molecular weight is 431 g/mol. The predicted molar refractivity (Wildman–Crippen MR) is 110 cm³/mol. The Kier molecular flexibility index (Phi) is 5.57. The fraction of sp³-hybridized carbons (Fsp3) is 0.333. The molecule has 2 heterocycles. The molecule has 9 heteroatoms. The summed E-state index contributed by atoms with van der Waals surface area (Å²) in [5.41, 5.74) is 3.07. The maximum absolute atomic E-state index is 13.1.